The molecule has 1 aliphatic rings. The zero-order valence-electron chi connectivity index (χ0n) is 4.78. The van der Waals surface area contributed by atoms with Crippen LogP contribution in [0.2, 0.25) is 0 Å². The van der Waals surface area contributed by atoms with Gasteiger partial charge in [0.15, 0.2) is 5.49 Å². The molecule has 1 aliphatic heterocycles. The van der Waals surface area contributed by atoms with Crippen molar-refractivity contribution >= 4 is 6.08 Å². The van der Waals surface area contributed by atoms with Crippen LogP contribution in [0.15, 0.2) is 17.4 Å². The first kappa shape index (κ1) is 4.61. The number of nitrogens with zero attached hydrogens (tertiary/aromatic N) is 3. The number of hydrogen-bond donors (Lipinski definition) is 0. The van der Waals surface area contributed by atoms with E-state index in [1.165, 1.54) is 0 Å². The Morgan fingerprint density at radius 1 is 1.22 bits per heavy atom. The highest BCUT2D eigenvalue weighted by atomic mass is 14.9. The molecule has 0 atom stereocenters. The zero-order chi connectivity index (χ0) is 6.10. The quantitative estimate of drug-likeness (QED) is 0.434. The van der Waals surface area contributed by atoms with E-state index in [0.717, 1.165) is 17.4 Å². The SMILES string of the molecule is C1=c2nccnc2=NC1. The molecule has 2 heterocycles. The molecule has 0 N–H and O–H groups in total. The van der Waals surface area contributed by atoms with Gasteiger partial charge in [-0.15, -0.1) is 0 Å². The summed E-state index contributed by atoms with van der Waals surface area (Å²) in [4.78, 5) is 12.1. The molecule has 1 aromatic heterocycles. The van der Waals surface area contributed by atoms with E-state index in [-0.39, 0.29) is 0 Å². The van der Waals surface area contributed by atoms with Crippen molar-refractivity contribution in [3.05, 3.63) is 23.2 Å². The molecule has 0 saturated carbocycles. The molecule has 0 aliphatic carbocycles. The van der Waals surface area contributed by atoms with Crippen LogP contribution in [0.4, 0.5) is 0 Å². The van der Waals surface area contributed by atoms with Crippen LogP contribution in [0.3, 0.4) is 0 Å². The second-order valence-electron chi connectivity index (χ2n) is 1.81. The smallest absolute Gasteiger partial charge is 0.173 e. The van der Waals surface area contributed by atoms with Gasteiger partial charge in [-0.1, -0.05) is 0 Å². The molecule has 0 bridgehead atoms. The molecule has 0 unspecified atom stereocenters. The Balaban J connectivity index is 2.97. The molecule has 0 aromatic carbocycles. The Labute approximate surface area is 51.8 Å². The fourth-order valence-electron chi connectivity index (χ4n) is 0.826. The second-order valence-corrected chi connectivity index (χ2v) is 1.81. The first-order valence-electron chi connectivity index (χ1n) is 2.78. The predicted octanol–water partition coefficient (Wildman–Crippen LogP) is -1.11. The number of aromatic nitrogens is 2. The standard InChI is InChI=1S/C6H5N3/c1-2-8-6-5(1)7-3-4-9-6/h1,3-4H,2H2. The van der Waals surface area contributed by atoms with Gasteiger partial charge in [0, 0.05) is 12.4 Å². The van der Waals surface area contributed by atoms with Gasteiger partial charge in [0.05, 0.1) is 6.54 Å². The number of fused-ring (bicyclic) bond motifs is 1. The Hall–Kier alpha value is -1.25. The average molecular weight is 119 g/mol. The van der Waals surface area contributed by atoms with E-state index in [2.05, 4.69) is 15.0 Å². The van der Waals surface area contributed by atoms with Crippen molar-refractivity contribution in [2.45, 2.75) is 0 Å². The maximum atomic E-state index is 4.07. The summed E-state index contributed by atoms with van der Waals surface area (Å²) >= 11 is 0. The Kier molecular flexibility index (Phi) is 0.828. The molecule has 0 fully saturated rings. The van der Waals surface area contributed by atoms with Crippen LogP contribution >= 0.6 is 0 Å². The largest absolute Gasteiger partial charge is 0.261 e. The molecule has 0 saturated heterocycles. The van der Waals surface area contributed by atoms with Gasteiger partial charge in [-0.3, -0.25) is 9.98 Å². The highest BCUT2D eigenvalue weighted by Gasteiger charge is 1.92. The summed E-state index contributed by atoms with van der Waals surface area (Å²) in [6, 6.07) is 0. The molecule has 1 aromatic rings. The lowest BCUT2D eigenvalue weighted by Gasteiger charge is -1.77. The van der Waals surface area contributed by atoms with Crippen LogP contribution in [-0.4, -0.2) is 16.5 Å². The molecule has 0 radical (unpaired) electrons. The third kappa shape index (κ3) is 0.614. The van der Waals surface area contributed by atoms with Crippen molar-refractivity contribution in [1.82, 2.24) is 9.97 Å². The minimum atomic E-state index is 0.735. The van der Waals surface area contributed by atoms with Crippen LogP contribution in [0.1, 0.15) is 0 Å². The lowest BCUT2D eigenvalue weighted by molar-refractivity contribution is 1.04. The van der Waals surface area contributed by atoms with Crippen molar-refractivity contribution in [1.29, 1.82) is 0 Å². The van der Waals surface area contributed by atoms with Crippen molar-refractivity contribution in [2.75, 3.05) is 6.54 Å². The first-order valence-corrected chi connectivity index (χ1v) is 2.78. The molecule has 0 amide bonds. The van der Waals surface area contributed by atoms with Crippen molar-refractivity contribution in [3.63, 3.8) is 0 Å². The molecule has 0 spiro atoms. The Morgan fingerprint density at radius 3 is 3.00 bits per heavy atom. The Morgan fingerprint density at radius 2 is 2.11 bits per heavy atom. The normalized spacial score (nSPS) is 13.8. The second kappa shape index (κ2) is 1.62. The van der Waals surface area contributed by atoms with E-state index >= 15 is 0 Å². The number of hydrogen-bond acceptors (Lipinski definition) is 3. The molecular weight excluding hydrogens is 114 g/mol. The summed E-state index contributed by atoms with van der Waals surface area (Å²) in [6.45, 7) is 0.735. The molecule has 3 nitrogen and oxygen atoms in total. The fourth-order valence-corrected chi connectivity index (χ4v) is 0.826. The first-order chi connectivity index (χ1) is 4.47. The van der Waals surface area contributed by atoms with Gasteiger partial charge >= 0.3 is 0 Å². The highest BCUT2D eigenvalue weighted by molar-refractivity contribution is 5.22. The summed E-state index contributed by atoms with van der Waals surface area (Å²) in [7, 11) is 0. The van der Waals surface area contributed by atoms with Gasteiger partial charge in [0.2, 0.25) is 0 Å². The number of rotatable bonds is 0. The van der Waals surface area contributed by atoms with Gasteiger partial charge < -0.3 is 0 Å². The van der Waals surface area contributed by atoms with Crippen LogP contribution < -0.4 is 10.8 Å². The minimum Gasteiger partial charge on any atom is -0.261 e. The maximum absolute atomic E-state index is 4.07. The van der Waals surface area contributed by atoms with Crippen LogP contribution in [-0.2, 0) is 0 Å². The minimum absolute atomic E-state index is 0.735. The van der Waals surface area contributed by atoms with E-state index in [0.29, 0.717) is 0 Å². The summed E-state index contributed by atoms with van der Waals surface area (Å²) in [5.74, 6) is 0. The third-order valence-electron chi connectivity index (χ3n) is 1.23. The third-order valence-corrected chi connectivity index (χ3v) is 1.23. The lowest BCUT2D eigenvalue weighted by atomic mass is 10.5. The van der Waals surface area contributed by atoms with E-state index < -0.39 is 0 Å². The van der Waals surface area contributed by atoms with Gasteiger partial charge in [0.1, 0.15) is 5.35 Å². The monoisotopic (exact) mass is 119 g/mol. The molecular formula is C6H5N3. The van der Waals surface area contributed by atoms with Crippen LogP contribution in [0.5, 0.6) is 0 Å². The zero-order valence-corrected chi connectivity index (χ0v) is 4.78. The topological polar surface area (TPSA) is 38.1 Å². The fraction of sp³-hybridized carbons (Fsp3) is 0.167. The van der Waals surface area contributed by atoms with E-state index in [4.69, 9.17) is 0 Å². The Bertz CT molecular complexity index is 295. The van der Waals surface area contributed by atoms with Crippen LogP contribution in [0.25, 0.3) is 6.08 Å². The van der Waals surface area contributed by atoms with Gasteiger partial charge in [-0.25, -0.2) is 4.98 Å². The maximum Gasteiger partial charge on any atom is 0.173 e. The van der Waals surface area contributed by atoms with Crippen molar-refractivity contribution < 1.29 is 0 Å². The summed E-state index contributed by atoms with van der Waals surface area (Å²) in [5, 5.41) is 0.914. The van der Waals surface area contributed by atoms with Crippen LogP contribution in [0, 0.1) is 0 Å². The average Bonchev–Trinajstić information content (AvgIpc) is 2.33. The van der Waals surface area contributed by atoms with Crippen molar-refractivity contribution in [2.24, 2.45) is 4.99 Å². The molecule has 3 heteroatoms. The summed E-state index contributed by atoms with van der Waals surface area (Å²) in [5.41, 5.74) is 0.775. The highest BCUT2D eigenvalue weighted by Crippen LogP contribution is 1.72. The van der Waals surface area contributed by atoms with E-state index in [1.807, 2.05) is 6.08 Å². The lowest BCUT2D eigenvalue weighted by Crippen LogP contribution is -2.27. The van der Waals surface area contributed by atoms with Gasteiger partial charge in [0.25, 0.3) is 0 Å². The summed E-state index contributed by atoms with van der Waals surface area (Å²) < 4.78 is 0. The molecule has 44 valence electrons. The van der Waals surface area contributed by atoms with E-state index in [9.17, 15) is 0 Å². The molecule has 2 rings (SSSR count). The van der Waals surface area contributed by atoms with Crippen molar-refractivity contribution in [3.8, 4) is 0 Å². The van der Waals surface area contributed by atoms with E-state index in [1.54, 1.807) is 12.4 Å². The summed E-state index contributed by atoms with van der Waals surface area (Å²) in [6.07, 6.45) is 5.29. The predicted molar refractivity (Wildman–Crippen MR) is 32.1 cm³/mol. The van der Waals surface area contributed by atoms with Gasteiger partial charge in [-0.2, -0.15) is 0 Å². The molecule has 9 heavy (non-hydrogen) atoms. The van der Waals surface area contributed by atoms with Gasteiger partial charge in [-0.05, 0) is 6.08 Å².